The van der Waals surface area contributed by atoms with E-state index in [0.29, 0.717) is 5.56 Å². The fourth-order valence-corrected chi connectivity index (χ4v) is 1.43. The fourth-order valence-electron chi connectivity index (χ4n) is 1.43. The monoisotopic (exact) mass is 235 g/mol. The van der Waals surface area contributed by atoms with E-state index in [1.54, 1.807) is 6.07 Å². The van der Waals surface area contributed by atoms with Crippen LogP contribution in [-0.2, 0) is 0 Å². The van der Waals surface area contributed by atoms with Crippen molar-refractivity contribution in [2.24, 2.45) is 0 Å². The Labute approximate surface area is 102 Å². The Kier molecular flexibility index (Phi) is 2.62. The summed E-state index contributed by atoms with van der Waals surface area (Å²) in [5.74, 6) is 0.263. The maximum atomic E-state index is 8.99. The van der Waals surface area contributed by atoms with Crippen molar-refractivity contribution in [3.63, 3.8) is 0 Å². The number of anilines is 1. The van der Waals surface area contributed by atoms with Crippen LogP contribution in [0, 0.1) is 34.0 Å². The summed E-state index contributed by atoms with van der Waals surface area (Å²) in [6.45, 7) is 0. The third kappa shape index (κ3) is 1.60. The molecular weight excluding hydrogens is 230 g/mol. The van der Waals surface area contributed by atoms with E-state index in [1.807, 2.05) is 12.1 Å². The zero-order valence-electron chi connectivity index (χ0n) is 8.99. The maximum Gasteiger partial charge on any atom is 0.177 e. The Bertz CT molecular complexity index is 736. The van der Waals surface area contributed by atoms with Crippen LogP contribution in [0.5, 0.6) is 0 Å². The average Bonchev–Trinajstić information content (AvgIpc) is 2.81. The minimum Gasteiger partial charge on any atom is -0.396 e. The molecule has 0 atom stereocenters. The number of hydrogen-bond donors (Lipinski definition) is 1. The van der Waals surface area contributed by atoms with Gasteiger partial charge in [0, 0.05) is 6.20 Å². The van der Waals surface area contributed by atoms with Crippen molar-refractivity contribution in [2.75, 3.05) is 5.73 Å². The molecule has 0 radical (unpaired) electrons. The number of pyridine rings is 1. The average molecular weight is 235 g/mol. The highest BCUT2D eigenvalue weighted by Gasteiger charge is 2.14. The van der Waals surface area contributed by atoms with Crippen LogP contribution >= 0.6 is 0 Å². The third-order valence-electron chi connectivity index (χ3n) is 2.23. The summed E-state index contributed by atoms with van der Waals surface area (Å²) in [5, 5.41) is 26.5. The van der Waals surface area contributed by atoms with Gasteiger partial charge < -0.3 is 5.73 Å². The van der Waals surface area contributed by atoms with Crippen molar-refractivity contribution in [3.05, 3.63) is 35.5 Å². The number of aromatic nitrogens is 3. The van der Waals surface area contributed by atoms with Crippen molar-refractivity contribution < 1.29 is 0 Å². The summed E-state index contributed by atoms with van der Waals surface area (Å²) < 4.78 is 1.31. The summed E-state index contributed by atoms with van der Waals surface area (Å²) in [4.78, 5) is 7.77. The molecule has 2 aromatic heterocycles. The van der Waals surface area contributed by atoms with Crippen LogP contribution < -0.4 is 5.73 Å². The quantitative estimate of drug-likeness (QED) is 0.764. The molecule has 7 nitrogen and oxygen atoms in total. The molecular formula is C11H5N7. The number of hydrogen-bond acceptors (Lipinski definition) is 6. The molecule has 2 rings (SSSR count). The number of imidazole rings is 1. The normalized spacial score (nSPS) is 9.17. The summed E-state index contributed by atoms with van der Waals surface area (Å²) in [5.41, 5.74) is 6.35. The van der Waals surface area contributed by atoms with Gasteiger partial charge in [0.25, 0.3) is 0 Å². The molecule has 2 aromatic rings. The van der Waals surface area contributed by atoms with E-state index in [-0.39, 0.29) is 22.9 Å². The second-order valence-electron chi connectivity index (χ2n) is 3.28. The highest BCUT2D eigenvalue weighted by Crippen LogP contribution is 2.18. The van der Waals surface area contributed by atoms with Crippen molar-refractivity contribution >= 4 is 5.69 Å². The van der Waals surface area contributed by atoms with Crippen molar-refractivity contribution in [2.45, 2.75) is 0 Å². The molecule has 7 heteroatoms. The van der Waals surface area contributed by atoms with Gasteiger partial charge >= 0.3 is 0 Å². The van der Waals surface area contributed by atoms with Crippen LogP contribution in [0.25, 0.3) is 5.82 Å². The van der Waals surface area contributed by atoms with Crippen molar-refractivity contribution in [1.29, 1.82) is 15.8 Å². The van der Waals surface area contributed by atoms with Gasteiger partial charge in [-0.2, -0.15) is 15.8 Å². The molecule has 2 N–H and O–H groups in total. The Balaban J connectivity index is 2.65. The molecule has 0 unspecified atom stereocenters. The van der Waals surface area contributed by atoms with Crippen molar-refractivity contribution in [3.8, 4) is 24.0 Å². The largest absolute Gasteiger partial charge is 0.396 e. The molecule has 0 saturated heterocycles. The lowest BCUT2D eigenvalue weighted by Crippen LogP contribution is -2.04. The van der Waals surface area contributed by atoms with E-state index < -0.39 is 0 Å². The zero-order chi connectivity index (χ0) is 13.1. The molecule has 18 heavy (non-hydrogen) atoms. The van der Waals surface area contributed by atoms with Gasteiger partial charge in [0.15, 0.2) is 17.2 Å². The molecule has 84 valence electrons. The Morgan fingerprint density at radius 1 is 1.11 bits per heavy atom. The molecule has 0 aliphatic rings. The maximum absolute atomic E-state index is 8.99. The predicted molar refractivity (Wildman–Crippen MR) is 59.9 cm³/mol. The highest BCUT2D eigenvalue weighted by molar-refractivity contribution is 5.58. The van der Waals surface area contributed by atoms with Crippen LogP contribution in [0.2, 0.25) is 0 Å². The number of nitrogen functional groups attached to an aromatic ring is 1. The standard InChI is InChI=1S/C11H5N7/c12-2-7-1-8(15)11(16-5-7)18-6-17-9(3-13)10(18)4-14/h1,5-6H,15H2. The van der Waals surface area contributed by atoms with E-state index in [2.05, 4.69) is 9.97 Å². The van der Waals surface area contributed by atoms with Gasteiger partial charge in [-0.25, -0.2) is 9.97 Å². The van der Waals surface area contributed by atoms with E-state index >= 15 is 0 Å². The van der Waals surface area contributed by atoms with Crippen LogP contribution in [0.15, 0.2) is 18.6 Å². The first-order chi connectivity index (χ1) is 8.71. The first kappa shape index (κ1) is 11.1. The lowest BCUT2D eigenvalue weighted by Gasteiger charge is -2.05. The number of rotatable bonds is 1. The summed E-state index contributed by atoms with van der Waals surface area (Å²) in [6, 6.07) is 7.02. The van der Waals surface area contributed by atoms with Gasteiger partial charge in [-0.1, -0.05) is 0 Å². The third-order valence-corrected chi connectivity index (χ3v) is 2.23. The molecule has 2 heterocycles. The number of nitrogens with two attached hydrogens (primary N) is 1. The van der Waals surface area contributed by atoms with Crippen LogP contribution in [0.1, 0.15) is 17.0 Å². The van der Waals surface area contributed by atoms with Gasteiger partial charge in [-0.05, 0) is 6.07 Å². The minimum absolute atomic E-state index is 0.00283. The molecule has 0 fully saturated rings. The topological polar surface area (TPSA) is 128 Å². The smallest absolute Gasteiger partial charge is 0.177 e. The summed E-state index contributed by atoms with van der Waals surface area (Å²) >= 11 is 0. The number of nitrogens with zero attached hydrogens (tertiary/aromatic N) is 6. The van der Waals surface area contributed by atoms with Gasteiger partial charge in [0.2, 0.25) is 0 Å². The van der Waals surface area contributed by atoms with Crippen LogP contribution in [0.4, 0.5) is 5.69 Å². The van der Waals surface area contributed by atoms with Crippen molar-refractivity contribution in [1.82, 2.24) is 14.5 Å². The molecule has 0 bridgehead atoms. The first-order valence-corrected chi connectivity index (χ1v) is 4.74. The van der Waals surface area contributed by atoms with Gasteiger partial charge in [-0.3, -0.25) is 4.57 Å². The summed E-state index contributed by atoms with van der Waals surface area (Å²) in [7, 11) is 0. The minimum atomic E-state index is 0.00283. The predicted octanol–water partition coefficient (Wildman–Crippen LogP) is 0.465. The lowest BCUT2D eigenvalue weighted by molar-refractivity contribution is 0.978. The van der Waals surface area contributed by atoms with Crippen LogP contribution in [-0.4, -0.2) is 14.5 Å². The highest BCUT2D eigenvalue weighted by atomic mass is 15.1. The second-order valence-corrected chi connectivity index (χ2v) is 3.28. The molecule has 0 aromatic carbocycles. The molecule has 0 aliphatic carbocycles. The fraction of sp³-hybridized carbons (Fsp3) is 0. The Hall–Kier alpha value is -3.37. The lowest BCUT2D eigenvalue weighted by atomic mass is 10.2. The molecule has 0 spiro atoms. The SMILES string of the molecule is N#Cc1cnc(-n2cnc(C#N)c2C#N)c(N)c1. The Morgan fingerprint density at radius 2 is 1.89 bits per heavy atom. The second kappa shape index (κ2) is 4.25. The molecule has 0 amide bonds. The van der Waals surface area contributed by atoms with E-state index in [1.165, 1.54) is 23.2 Å². The summed E-state index contributed by atoms with van der Waals surface area (Å²) in [6.07, 6.45) is 2.63. The number of nitriles is 3. The van der Waals surface area contributed by atoms with E-state index in [0.717, 1.165) is 0 Å². The van der Waals surface area contributed by atoms with Crippen LogP contribution in [0.3, 0.4) is 0 Å². The molecule has 0 aliphatic heterocycles. The van der Waals surface area contributed by atoms with Gasteiger partial charge in [0.1, 0.15) is 24.5 Å². The zero-order valence-corrected chi connectivity index (χ0v) is 8.99. The first-order valence-electron chi connectivity index (χ1n) is 4.74. The van der Waals surface area contributed by atoms with Gasteiger partial charge in [0.05, 0.1) is 11.3 Å². The van der Waals surface area contributed by atoms with E-state index in [4.69, 9.17) is 21.5 Å². The Morgan fingerprint density at radius 3 is 2.44 bits per heavy atom. The van der Waals surface area contributed by atoms with Gasteiger partial charge in [-0.15, -0.1) is 0 Å². The molecule has 0 saturated carbocycles. The van der Waals surface area contributed by atoms with E-state index in [9.17, 15) is 0 Å².